The smallest absolute Gasteiger partial charge is 0.323 e. The fourth-order valence-electron chi connectivity index (χ4n) is 3.32. The zero-order valence-electron chi connectivity index (χ0n) is 24.3. The lowest BCUT2D eigenvalue weighted by Crippen LogP contribution is -2.39. The van der Waals surface area contributed by atoms with Crippen molar-refractivity contribution in [1.29, 1.82) is 0 Å². The van der Waals surface area contributed by atoms with E-state index in [0.29, 0.717) is 5.56 Å². The third kappa shape index (κ3) is 13.0. The summed E-state index contributed by atoms with van der Waals surface area (Å²) in [4.78, 5) is 49.3. The van der Waals surface area contributed by atoms with Crippen molar-refractivity contribution in [3.05, 3.63) is 23.8 Å². The number of ether oxygens (including phenoxy) is 4. The van der Waals surface area contributed by atoms with Crippen molar-refractivity contribution in [2.75, 3.05) is 0 Å². The Kier molecular flexibility index (Phi) is 12.9. The average Bonchev–Trinajstić information content (AvgIpc) is 2.72. The summed E-state index contributed by atoms with van der Waals surface area (Å²) in [5.74, 6) is -1.56. The van der Waals surface area contributed by atoms with Crippen LogP contribution in [0.5, 0.6) is 11.5 Å². The summed E-state index contributed by atoms with van der Waals surface area (Å²) in [5, 5.41) is 0. The molecule has 0 fully saturated rings. The molecule has 0 aliphatic heterocycles. The van der Waals surface area contributed by atoms with Gasteiger partial charge in [-0.1, -0.05) is 54.5 Å². The van der Waals surface area contributed by atoms with Crippen LogP contribution in [0.4, 0.5) is 0 Å². The highest BCUT2D eigenvalue weighted by atomic mass is 16.6. The van der Waals surface area contributed by atoms with Crippen molar-refractivity contribution >= 4 is 23.9 Å². The fourth-order valence-corrected chi connectivity index (χ4v) is 3.32. The van der Waals surface area contributed by atoms with Gasteiger partial charge in [0, 0.05) is 12.8 Å². The van der Waals surface area contributed by atoms with Crippen LogP contribution in [0.15, 0.2) is 18.2 Å². The van der Waals surface area contributed by atoms with Gasteiger partial charge >= 0.3 is 23.9 Å². The third-order valence-corrected chi connectivity index (χ3v) is 5.32. The van der Waals surface area contributed by atoms with E-state index in [4.69, 9.17) is 24.7 Å². The van der Waals surface area contributed by atoms with Crippen LogP contribution in [-0.4, -0.2) is 42.1 Å². The second kappa shape index (κ2) is 14.9. The standard InChI is InChI=1S/C29H45NO8/c1-17(2)12-25(31)37-23-11-10-21(15-24(23)38-26(32)13-18(3)4)14-22(30)28(34)36-20(6)19(5)35-27(33)16-29(7,8)9/h10-11,15,17-20,22H,12-14,16,30H2,1-9H3/t19-,20-,22-/m0/s1. The lowest BCUT2D eigenvalue weighted by Gasteiger charge is -2.24. The number of rotatable bonds is 13. The summed E-state index contributed by atoms with van der Waals surface area (Å²) in [6.45, 7) is 16.6. The molecule has 0 saturated heterocycles. The van der Waals surface area contributed by atoms with Gasteiger partial charge in [0.25, 0.3) is 0 Å². The van der Waals surface area contributed by atoms with Gasteiger partial charge in [-0.15, -0.1) is 0 Å². The Morgan fingerprint density at radius 3 is 1.76 bits per heavy atom. The second-order valence-corrected chi connectivity index (χ2v) is 11.8. The first-order chi connectivity index (χ1) is 17.5. The maximum atomic E-state index is 12.6. The van der Waals surface area contributed by atoms with Crippen molar-refractivity contribution in [2.24, 2.45) is 23.0 Å². The van der Waals surface area contributed by atoms with Crippen molar-refractivity contribution in [3.8, 4) is 11.5 Å². The predicted octanol–water partition coefficient (Wildman–Crippen LogP) is 4.76. The maximum Gasteiger partial charge on any atom is 0.323 e. The van der Waals surface area contributed by atoms with E-state index < -0.39 is 36.2 Å². The molecular weight excluding hydrogens is 490 g/mol. The number of hydrogen-bond donors (Lipinski definition) is 1. The average molecular weight is 536 g/mol. The summed E-state index contributed by atoms with van der Waals surface area (Å²) in [5.41, 5.74) is 6.46. The van der Waals surface area contributed by atoms with Crippen molar-refractivity contribution in [3.63, 3.8) is 0 Å². The van der Waals surface area contributed by atoms with E-state index in [1.807, 2.05) is 48.5 Å². The minimum Gasteiger partial charge on any atom is -0.459 e. The molecule has 3 atom stereocenters. The molecule has 0 aliphatic carbocycles. The normalized spacial score (nSPS) is 14.0. The number of hydrogen-bond acceptors (Lipinski definition) is 9. The zero-order chi connectivity index (χ0) is 29.2. The van der Waals surface area contributed by atoms with Gasteiger partial charge in [0.2, 0.25) is 0 Å². The molecule has 0 saturated carbocycles. The SMILES string of the molecule is CC(C)CC(=O)Oc1ccc(C[C@H](N)C(=O)O[C@@H](C)[C@H](C)OC(=O)CC(C)(C)C)cc1OC(=O)CC(C)C. The largest absolute Gasteiger partial charge is 0.459 e. The number of benzene rings is 1. The Morgan fingerprint density at radius 1 is 0.763 bits per heavy atom. The van der Waals surface area contributed by atoms with Crippen LogP contribution in [0.1, 0.15) is 87.1 Å². The highest BCUT2D eigenvalue weighted by molar-refractivity contribution is 5.78. The molecule has 9 heteroatoms. The summed E-state index contributed by atoms with van der Waals surface area (Å²) < 4.78 is 21.7. The van der Waals surface area contributed by atoms with Crippen LogP contribution in [0, 0.1) is 17.3 Å². The fraction of sp³-hybridized carbons (Fsp3) is 0.655. The summed E-state index contributed by atoms with van der Waals surface area (Å²) in [6, 6.07) is 3.67. The van der Waals surface area contributed by atoms with Crippen molar-refractivity contribution in [2.45, 2.75) is 106 Å². The highest BCUT2D eigenvalue weighted by Gasteiger charge is 2.26. The molecule has 1 rings (SSSR count). The van der Waals surface area contributed by atoms with Gasteiger partial charge in [0.05, 0.1) is 6.42 Å². The lowest BCUT2D eigenvalue weighted by molar-refractivity contribution is -0.167. The first-order valence-electron chi connectivity index (χ1n) is 13.2. The zero-order valence-corrected chi connectivity index (χ0v) is 24.3. The van der Waals surface area contributed by atoms with Gasteiger partial charge < -0.3 is 24.7 Å². The minimum absolute atomic E-state index is 0.0814. The topological polar surface area (TPSA) is 131 Å². The van der Waals surface area contributed by atoms with Crippen LogP contribution < -0.4 is 15.2 Å². The van der Waals surface area contributed by atoms with Crippen LogP contribution in [0.2, 0.25) is 0 Å². The molecule has 2 N–H and O–H groups in total. The van der Waals surface area contributed by atoms with Gasteiger partial charge in [0.15, 0.2) is 11.5 Å². The molecule has 0 aromatic heterocycles. The van der Waals surface area contributed by atoms with E-state index in [-0.39, 0.29) is 60.4 Å². The van der Waals surface area contributed by atoms with Gasteiger partial charge in [-0.25, -0.2) is 0 Å². The van der Waals surface area contributed by atoms with E-state index >= 15 is 0 Å². The molecule has 1 aromatic rings. The number of nitrogens with two attached hydrogens (primary N) is 1. The van der Waals surface area contributed by atoms with Gasteiger partial charge in [-0.05, 0) is 55.2 Å². The van der Waals surface area contributed by atoms with Crippen LogP contribution >= 0.6 is 0 Å². The Balaban J connectivity index is 2.91. The molecule has 214 valence electrons. The molecular formula is C29H45NO8. The Bertz CT molecular complexity index is 964. The molecule has 0 heterocycles. The summed E-state index contributed by atoms with van der Waals surface area (Å²) >= 11 is 0. The first kappa shape index (κ1) is 33.1. The molecule has 0 spiro atoms. The van der Waals surface area contributed by atoms with E-state index in [1.165, 1.54) is 12.1 Å². The molecule has 38 heavy (non-hydrogen) atoms. The summed E-state index contributed by atoms with van der Waals surface area (Å²) in [6.07, 6.45) is -0.630. The molecule has 0 aliphatic rings. The van der Waals surface area contributed by atoms with E-state index in [0.717, 1.165) is 0 Å². The van der Waals surface area contributed by atoms with Crippen LogP contribution in [0.25, 0.3) is 0 Å². The van der Waals surface area contributed by atoms with Crippen molar-refractivity contribution in [1.82, 2.24) is 0 Å². The lowest BCUT2D eigenvalue weighted by atomic mass is 9.92. The number of esters is 4. The molecule has 0 unspecified atom stereocenters. The molecule has 1 aromatic carbocycles. The molecule has 0 radical (unpaired) electrons. The second-order valence-electron chi connectivity index (χ2n) is 11.8. The van der Waals surface area contributed by atoms with Crippen LogP contribution in [-0.2, 0) is 35.1 Å². The number of carbonyl (C=O) groups excluding carboxylic acids is 4. The van der Waals surface area contributed by atoms with Crippen molar-refractivity contribution < 1.29 is 38.1 Å². The third-order valence-electron chi connectivity index (χ3n) is 5.32. The quantitative estimate of drug-likeness (QED) is 0.280. The Morgan fingerprint density at radius 2 is 1.26 bits per heavy atom. The van der Waals surface area contributed by atoms with E-state index in [2.05, 4.69) is 0 Å². The molecule has 0 bridgehead atoms. The molecule has 9 nitrogen and oxygen atoms in total. The van der Waals surface area contributed by atoms with E-state index in [9.17, 15) is 19.2 Å². The van der Waals surface area contributed by atoms with Crippen LogP contribution in [0.3, 0.4) is 0 Å². The maximum absolute atomic E-state index is 12.6. The molecule has 0 amide bonds. The predicted molar refractivity (Wildman–Crippen MR) is 143 cm³/mol. The Labute approximate surface area is 226 Å². The van der Waals surface area contributed by atoms with Gasteiger partial charge in [-0.2, -0.15) is 0 Å². The number of carbonyl (C=O) groups is 4. The first-order valence-corrected chi connectivity index (χ1v) is 13.2. The van der Waals surface area contributed by atoms with Gasteiger partial charge in [-0.3, -0.25) is 19.2 Å². The highest BCUT2D eigenvalue weighted by Crippen LogP contribution is 2.30. The summed E-state index contributed by atoms with van der Waals surface area (Å²) in [7, 11) is 0. The van der Waals surface area contributed by atoms with E-state index in [1.54, 1.807) is 19.9 Å². The minimum atomic E-state index is -1.02. The Hall–Kier alpha value is -2.94. The van der Waals surface area contributed by atoms with Gasteiger partial charge in [0.1, 0.15) is 18.2 Å². The monoisotopic (exact) mass is 535 g/mol.